The van der Waals surface area contributed by atoms with Gasteiger partial charge in [-0.05, 0) is 32.6 Å². The van der Waals surface area contributed by atoms with E-state index in [9.17, 15) is 4.79 Å². The van der Waals surface area contributed by atoms with E-state index in [0.717, 1.165) is 5.25 Å². The normalized spacial score (nSPS) is 24.8. The fraction of sp³-hybridized carbons (Fsp3) is 0.929. The molecule has 2 nitrogen and oxygen atoms in total. The summed E-state index contributed by atoms with van der Waals surface area (Å²) in [6, 6.07) is 0.469. The Hall–Kier alpha value is -0.180. The van der Waals surface area contributed by atoms with Gasteiger partial charge >= 0.3 is 0 Å². The van der Waals surface area contributed by atoms with E-state index in [0.29, 0.717) is 6.04 Å². The number of carbonyl (C=O) groups excluding carboxylic acids is 1. The Balaban J connectivity index is 1.70. The highest BCUT2D eigenvalue weighted by Crippen LogP contribution is 2.31. The fourth-order valence-electron chi connectivity index (χ4n) is 2.94. The first kappa shape index (κ1) is 13.3. The molecule has 0 aromatic rings. The van der Waals surface area contributed by atoms with Crippen molar-refractivity contribution >= 4 is 17.7 Å². The number of nitrogens with one attached hydrogen (secondary N) is 1. The summed E-state index contributed by atoms with van der Waals surface area (Å²) in [5, 5.41) is 4.08. The standard InChI is InChI=1S/C14H25NOS/c1-11(17-13-9-3-2-4-10-13)14(16)15-12-7-5-6-8-12/h11-13H,2-10H2,1H3,(H,15,16). The third kappa shape index (κ3) is 4.20. The Morgan fingerprint density at radius 1 is 1.06 bits per heavy atom. The van der Waals surface area contributed by atoms with E-state index in [-0.39, 0.29) is 11.2 Å². The molecule has 2 aliphatic carbocycles. The van der Waals surface area contributed by atoms with Crippen LogP contribution in [0.1, 0.15) is 64.7 Å². The molecule has 0 aromatic heterocycles. The molecule has 0 bridgehead atoms. The molecular weight excluding hydrogens is 230 g/mol. The summed E-state index contributed by atoms with van der Waals surface area (Å²) < 4.78 is 0. The predicted molar refractivity (Wildman–Crippen MR) is 74.3 cm³/mol. The van der Waals surface area contributed by atoms with E-state index < -0.39 is 0 Å². The molecule has 0 saturated heterocycles. The molecule has 3 heteroatoms. The maximum absolute atomic E-state index is 12.0. The molecule has 1 unspecified atom stereocenters. The lowest BCUT2D eigenvalue weighted by molar-refractivity contribution is -0.120. The summed E-state index contributed by atoms with van der Waals surface area (Å²) in [6.45, 7) is 2.07. The minimum atomic E-state index is 0.138. The number of hydrogen-bond donors (Lipinski definition) is 1. The predicted octanol–water partition coefficient (Wildman–Crippen LogP) is 3.50. The van der Waals surface area contributed by atoms with Gasteiger partial charge in [0.1, 0.15) is 0 Å². The van der Waals surface area contributed by atoms with Crippen LogP contribution in [0.5, 0.6) is 0 Å². The van der Waals surface area contributed by atoms with E-state index in [4.69, 9.17) is 0 Å². The maximum Gasteiger partial charge on any atom is 0.233 e. The van der Waals surface area contributed by atoms with Crippen molar-refractivity contribution in [2.75, 3.05) is 0 Å². The monoisotopic (exact) mass is 255 g/mol. The van der Waals surface area contributed by atoms with E-state index >= 15 is 0 Å². The largest absolute Gasteiger partial charge is 0.352 e. The van der Waals surface area contributed by atoms with Crippen LogP contribution in [0.3, 0.4) is 0 Å². The van der Waals surface area contributed by atoms with Gasteiger partial charge in [-0.15, -0.1) is 11.8 Å². The van der Waals surface area contributed by atoms with Crippen molar-refractivity contribution in [3.8, 4) is 0 Å². The molecule has 17 heavy (non-hydrogen) atoms. The molecule has 1 N–H and O–H groups in total. The third-order valence-corrected chi connectivity index (χ3v) is 5.50. The minimum Gasteiger partial charge on any atom is -0.352 e. The summed E-state index contributed by atoms with van der Waals surface area (Å²) in [7, 11) is 0. The van der Waals surface area contributed by atoms with Crippen molar-refractivity contribution in [3.05, 3.63) is 0 Å². The molecule has 2 rings (SSSR count). The Labute approximate surface area is 109 Å². The fourth-order valence-corrected chi connectivity index (χ4v) is 4.31. The second-order valence-corrected chi connectivity index (χ2v) is 7.17. The van der Waals surface area contributed by atoms with E-state index in [1.807, 2.05) is 11.8 Å². The molecule has 2 aliphatic rings. The molecule has 0 radical (unpaired) electrons. The van der Waals surface area contributed by atoms with E-state index in [2.05, 4.69) is 12.2 Å². The lowest BCUT2D eigenvalue weighted by Gasteiger charge is -2.24. The molecule has 98 valence electrons. The van der Waals surface area contributed by atoms with Crippen molar-refractivity contribution in [2.45, 2.75) is 81.3 Å². The van der Waals surface area contributed by atoms with Crippen LogP contribution in [-0.4, -0.2) is 22.4 Å². The topological polar surface area (TPSA) is 29.1 Å². The molecule has 2 saturated carbocycles. The lowest BCUT2D eigenvalue weighted by atomic mass is 10.0. The van der Waals surface area contributed by atoms with Gasteiger partial charge in [-0.2, -0.15) is 0 Å². The first-order valence-corrected chi connectivity index (χ1v) is 8.16. The van der Waals surface area contributed by atoms with E-state index in [1.165, 1.54) is 57.8 Å². The molecule has 2 fully saturated rings. The van der Waals surface area contributed by atoms with Gasteiger partial charge in [-0.1, -0.05) is 32.1 Å². The number of thioether (sulfide) groups is 1. The van der Waals surface area contributed by atoms with Crippen molar-refractivity contribution in [2.24, 2.45) is 0 Å². The summed E-state index contributed by atoms with van der Waals surface area (Å²) in [5.74, 6) is 0.271. The molecule has 1 atom stereocenters. The second kappa shape index (κ2) is 6.67. The third-order valence-electron chi connectivity index (χ3n) is 4.02. The second-order valence-electron chi connectivity index (χ2n) is 5.53. The molecule has 0 aliphatic heterocycles. The first-order chi connectivity index (χ1) is 8.25. The van der Waals surface area contributed by atoms with Gasteiger partial charge in [0.25, 0.3) is 0 Å². The molecule has 1 amide bonds. The summed E-state index contributed by atoms with van der Waals surface area (Å²) in [5.41, 5.74) is 0. The van der Waals surface area contributed by atoms with Gasteiger partial charge in [-0.3, -0.25) is 4.79 Å². The summed E-state index contributed by atoms with van der Waals surface area (Å²) >= 11 is 1.90. The maximum atomic E-state index is 12.0. The van der Waals surface area contributed by atoms with Crippen LogP contribution in [0.15, 0.2) is 0 Å². The Kier molecular flexibility index (Phi) is 5.20. The van der Waals surface area contributed by atoms with Crippen LogP contribution in [0.2, 0.25) is 0 Å². The average Bonchev–Trinajstić information content (AvgIpc) is 2.83. The van der Waals surface area contributed by atoms with Gasteiger partial charge in [0.05, 0.1) is 5.25 Å². The molecule has 0 heterocycles. The van der Waals surface area contributed by atoms with Crippen LogP contribution in [0.25, 0.3) is 0 Å². The molecule has 0 aromatic carbocycles. The number of carbonyl (C=O) groups is 1. The van der Waals surface area contributed by atoms with E-state index in [1.54, 1.807) is 0 Å². The Bertz CT molecular complexity index is 245. The van der Waals surface area contributed by atoms with Gasteiger partial charge < -0.3 is 5.32 Å². The summed E-state index contributed by atoms with van der Waals surface area (Å²) in [4.78, 5) is 12.0. The minimum absolute atomic E-state index is 0.138. The zero-order chi connectivity index (χ0) is 12.1. The molecule has 0 spiro atoms. The Morgan fingerprint density at radius 2 is 1.65 bits per heavy atom. The number of amides is 1. The van der Waals surface area contributed by atoms with Crippen molar-refractivity contribution < 1.29 is 4.79 Å². The highest BCUT2D eigenvalue weighted by atomic mass is 32.2. The van der Waals surface area contributed by atoms with Crippen LogP contribution in [-0.2, 0) is 4.79 Å². The lowest BCUT2D eigenvalue weighted by Crippen LogP contribution is -2.38. The van der Waals surface area contributed by atoms with Crippen LogP contribution in [0, 0.1) is 0 Å². The highest BCUT2D eigenvalue weighted by molar-refractivity contribution is 8.01. The average molecular weight is 255 g/mol. The smallest absolute Gasteiger partial charge is 0.233 e. The number of hydrogen-bond acceptors (Lipinski definition) is 2. The zero-order valence-electron chi connectivity index (χ0n) is 10.9. The number of rotatable bonds is 4. The van der Waals surface area contributed by atoms with Crippen molar-refractivity contribution in [3.63, 3.8) is 0 Å². The first-order valence-electron chi connectivity index (χ1n) is 7.21. The zero-order valence-corrected chi connectivity index (χ0v) is 11.7. The van der Waals surface area contributed by atoms with Crippen molar-refractivity contribution in [1.29, 1.82) is 0 Å². The van der Waals surface area contributed by atoms with Gasteiger partial charge in [0.15, 0.2) is 0 Å². The van der Waals surface area contributed by atoms with Crippen LogP contribution >= 0.6 is 11.8 Å². The quantitative estimate of drug-likeness (QED) is 0.833. The SMILES string of the molecule is CC(SC1CCCCC1)C(=O)NC1CCCC1. The summed E-state index contributed by atoms with van der Waals surface area (Å²) in [6.07, 6.45) is 11.7. The highest BCUT2D eigenvalue weighted by Gasteiger charge is 2.24. The van der Waals surface area contributed by atoms with Gasteiger partial charge in [0.2, 0.25) is 5.91 Å². The Morgan fingerprint density at radius 3 is 2.29 bits per heavy atom. The molecular formula is C14H25NOS. The van der Waals surface area contributed by atoms with Gasteiger partial charge in [0, 0.05) is 11.3 Å². The van der Waals surface area contributed by atoms with Crippen LogP contribution < -0.4 is 5.32 Å². The van der Waals surface area contributed by atoms with Gasteiger partial charge in [-0.25, -0.2) is 0 Å². The van der Waals surface area contributed by atoms with Crippen LogP contribution in [0.4, 0.5) is 0 Å². The van der Waals surface area contributed by atoms with Crippen molar-refractivity contribution in [1.82, 2.24) is 5.32 Å².